The number of hydrogen-bond donors (Lipinski definition) is 0. The second-order valence-electron chi connectivity index (χ2n) is 3.25. The summed E-state index contributed by atoms with van der Waals surface area (Å²) in [4.78, 5) is -0.190. The minimum absolute atomic E-state index is 0.0502. The summed E-state index contributed by atoms with van der Waals surface area (Å²) in [5.41, 5.74) is -0.0502. The molecule has 0 aromatic heterocycles. The fourth-order valence-electron chi connectivity index (χ4n) is 1.13. The van der Waals surface area contributed by atoms with Gasteiger partial charge in [-0.15, -0.1) is 0 Å². The maximum absolute atomic E-state index is 12.9. The molecule has 76 valence electrons. The van der Waals surface area contributed by atoms with E-state index in [1.165, 1.54) is 25.1 Å². The average molecular weight is 310 g/mol. The molecule has 0 heterocycles. The molecular formula is C8H10F4Te. The van der Waals surface area contributed by atoms with Crippen LogP contribution in [-0.2, 0) is 0 Å². The van der Waals surface area contributed by atoms with Gasteiger partial charge in [-0.1, -0.05) is 0 Å². The molecule has 0 aliphatic rings. The number of rotatable bonds is 1. The van der Waals surface area contributed by atoms with Crippen molar-refractivity contribution in [3.8, 4) is 0 Å². The van der Waals surface area contributed by atoms with Crippen molar-refractivity contribution in [2.24, 2.45) is 0 Å². The van der Waals surface area contributed by atoms with Crippen LogP contribution >= 0.6 is 0 Å². The topological polar surface area (TPSA) is 0 Å². The van der Waals surface area contributed by atoms with Crippen LogP contribution in [-0.4, -0.2) is 17.7 Å². The molecule has 0 aliphatic carbocycles. The zero-order chi connectivity index (χ0) is 10.4. The average Bonchev–Trinajstić information content (AvgIpc) is 1.82. The molecule has 1 aromatic rings. The third kappa shape index (κ3) is 2.58. The Hall–Kier alpha value is -0.270. The third-order valence-electron chi connectivity index (χ3n) is 1.65. The number of hydrogen-bond acceptors (Lipinski definition) is 0. The van der Waals surface area contributed by atoms with Crippen LogP contribution in [0.25, 0.3) is 0 Å². The Kier molecular flexibility index (Phi) is 1.84. The summed E-state index contributed by atoms with van der Waals surface area (Å²) < 4.78 is 50.7. The molecule has 5 heteroatoms. The van der Waals surface area contributed by atoms with E-state index >= 15 is 0 Å². The summed E-state index contributed by atoms with van der Waals surface area (Å²) in [7, 11) is 0. The fraction of sp³-hybridized carbons (Fsp3) is 0.250. The van der Waals surface area contributed by atoms with Gasteiger partial charge in [-0.2, -0.15) is 0 Å². The molecule has 0 bridgehead atoms. The Morgan fingerprint density at radius 1 is 1.00 bits per heavy atom. The van der Waals surface area contributed by atoms with E-state index in [0.29, 0.717) is 0 Å². The standard InChI is InChI=1S/C8H10F4Te/c1-7-5-3-4-6-8(7)13(2,9,10,11)12/h3-6H,1-2H3. The van der Waals surface area contributed by atoms with E-state index in [2.05, 4.69) is 0 Å². The van der Waals surface area contributed by atoms with E-state index in [1.807, 2.05) is 0 Å². The zero-order valence-corrected chi connectivity index (χ0v) is 9.56. The van der Waals surface area contributed by atoms with Crippen LogP contribution in [0.4, 0.5) is 11.6 Å². The van der Waals surface area contributed by atoms with Gasteiger partial charge in [0.1, 0.15) is 0 Å². The van der Waals surface area contributed by atoms with Crippen LogP contribution in [0.5, 0.6) is 0 Å². The fourth-order valence-corrected chi connectivity index (χ4v) is 4.83. The Morgan fingerprint density at radius 2 is 1.46 bits per heavy atom. The predicted molar refractivity (Wildman–Crippen MR) is 46.9 cm³/mol. The second kappa shape index (κ2) is 2.21. The van der Waals surface area contributed by atoms with E-state index in [-0.39, 0.29) is 10.5 Å². The van der Waals surface area contributed by atoms with Crippen LogP contribution in [0.3, 0.4) is 0 Å². The molecule has 0 atom stereocenters. The molecule has 0 aliphatic heterocycles. The molecular weight excluding hydrogens is 300 g/mol. The van der Waals surface area contributed by atoms with Gasteiger partial charge in [0.15, 0.2) is 0 Å². The third-order valence-corrected chi connectivity index (χ3v) is 6.11. The molecule has 0 spiro atoms. The van der Waals surface area contributed by atoms with Gasteiger partial charge < -0.3 is 0 Å². The van der Waals surface area contributed by atoms with Crippen molar-refractivity contribution < 1.29 is 11.6 Å². The van der Waals surface area contributed by atoms with E-state index in [0.717, 1.165) is 6.07 Å². The van der Waals surface area contributed by atoms with Crippen molar-refractivity contribution in [1.29, 1.82) is 0 Å². The molecule has 0 fully saturated rings. The summed E-state index contributed by atoms with van der Waals surface area (Å²) in [6, 6.07) is 4.73. The summed E-state index contributed by atoms with van der Waals surface area (Å²) in [5.74, 6) is 0. The van der Waals surface area contributed by atoms with Crippen LogP contribution in [0.1, 0.15) is 5.56 Å². The first-order valence-corrected chi connectivity index (χ1v) is 10.6. The zero-order valence-electron chi connectivity index (χ0n) is 7.23. The van der Waals surface area contributed by atoms with Gasteiger partial charge in [0, 0.05) is 0 Å². The molecule has 13 heavy (non-hydrogen) atoms. The SMILES string of the molecule is Cc1ccccc1[Te](C)(F)(F)(F)F. The van der Waals surface area contributed by atoms with Crippen molar-refractivity contribution in [3.63, 3.8) is 0 Å². The van der Waals surface area contributed by atoms with Crippen LogP contribution in [0.15, 0.2) is 24.3 Å². The molecule has 1 aromatic carbocycles. The Bertz CT molecular complexity index is 337. The molecule has 0 N–H and O–H groups in total. The van der Waals surface area contributed by atoms with Gasteiger partial charge >= 0.3 is 74.6 Å². The van der Waals surface area contributed by atoms with Gasteiger partial charge in [-0.3, -0.25) is 0 Å². The first kappa shape index (κ1) is 10.8. The van der Waals surface area contributed by atoms with Gasteiger partial charge in [0.2, 0.25) is 0 Å². The predicted octanol–water partition coefficient (Wildman–Crippen LogP) is 3.05. The van der Waals surface area contributed by atoms with Crippen molar-refractivity contribution in [1.82, 2.24) is 0 Å². The summed E-state index contributed by atoms with van der Waals surface area (Å²) in [6.45, 7) is 1.26. The Balaban J connectivity index is 3.50. The van der Waals surface area contributed by atoms with E-state index in [1.54, 1.807) is 0 Å². The van der Waals surface area contributed by atoms with Gasteiger partial charge in [0.25, 0.3) is 0 Å². The van der Waals surface area contributed by atoms with Gasteiger partial charge in [0.05, 0.1) is 0 Å². The number of benzene rings is 1. The second-order valence-corrected chi connectivity index (χ2v) is 12.9. The van der Waals surface area contributed by atoms with Crippen LogP contribution < -0.4 is 3.61 Å². The normalized spacial score (nSPS) is 17.7. The van der Waals surface area contributed by atoms with Crippen molar-refractivity contribution in [2.45, 2.75) is 11.9 Å². The maximum atomic E-state index is 12.9. The first-order chi connectivity index (χ1) is 5.50. The molecule has 0 nitrogen and oxygen atoms in total. The molecule has 0 saturated carbocycles. The van der Waals surface area contributed by atoms with Crippen molar-refractivity contribution in [2.75, 3.05) is 0 Å². The summed E-state index contributed by atoms with van der Waals surface area (Å²) >= 11 is -8.82. The van der Waals surface area contributed by atoms with E-state index < -0.39 is 21.3 Å². The molecule has 0 radical (unpaired) electrons. The van der Waals surface area contributed by atoms with E-state index in [4.69, 9.17) is 0 Å². The van der Waals surface area contributed by atoms with Crippen molar-refractivity contribution in [3.05, 3.63) is 29.8 Å². The van der Waals surface area contributed by atoms with Crippen LogP contribution in [0.2, 0.25) is 4.97 Å². The summed E-state index contributed by atoms with van der Waals surface area (Å²) in [6.07, 6.45) is 0. The van der Waals surface area contributed by atoms with Gasteiger partial charge in [-0.25, -0.2) is 0 Å². The molecule has 1 rings (SSSR count). The first-order valence-electron chi connectivity index (χ1n) is 3.56. The molecule has 0 amide bonds. The Morgan fingerprint density at radius 3 is 1.77 bits per heavy atom. The quantitative estimate of drug-likeness (QED) is 0.552. The molecule has 0 saturated heterocycles. The Labute approximate surface area is 74.8 Å². The summed E-state index contributed by atoms with van der Waals surface area (Å²) in [5, 5.41) is 0. The van der Waals surface area contributed by atoms with Gasteiger partial charge in [-0.05, 0) is 0 Å². The number of aryl methyl sites for hydroxylation is 1. The minimum atomic E-state index is -8.82. The van der Waals surface area contributed by atoms with E-state index in [9.17, 15) is 11.6 Å². The number of halogens is 4. The molecule has 0 unspecified atom stereocenters. The van der Waals surface area contributed by atoms with Crippen LogP contribution in [0, 0.1) is 6.92 Å². The van der Waals surface area contributed by atoms with Crippen molar-refractivity contribution >= 4 is 21.3 Å². The monoisotopic (exact) mass is 312 g/mol.